The van der Waals surface area contributed by atoms with Crippen molar-refractivity contribution in [1.29, 1.82) is 0 Å². The second kappa shape index (κ2) is 5.30. The molecule has 3 heteroatoms. The minimum Gasteiger partial charge on any atom is -0.490 e. The van der Waals surface area contributed by atoms with Crippen molar-refractivity contribution in [1.82, 2.24) is 10.3 Å². The van der Waals surface area contributed by atoms with Crippen LogP contribution in [0.2, 0.25) is 0 Å². The van der Waals surface area contributed by atoms with E-state index in [1.807, 2.05) is 13.0 Å². The fourth-order valence-corrected chi connectivity index (χ4v) is 2.06. The maximum absolute atomic E-state index is 6.00. The summed E-state index contributed by atoms with van der Waals surface area (Å²) in [5.41, 5.74) is 2.16. The number of ether oxygens (including phenoxy) is 1. The molecule has 0 spiro atoms. The number of piperidine rings is 1. The minimum atomic E-state index is 0.368. The van der Waals surface area contributed by atoms with Gasteiger partial charge < -0.3 is 10.1 Å². The van der Waals surface area contributed by atoms with Crippen LogP contribution in [-0.4, -0.2) is 24.2 Å². The van der Waals surface area contributed by atoms with Crippen LogP contribution in [0.4, 0.5) is 0 Å². The van der Waals surface area contributed by atoms with Crippen LogP contribution in [-0.2, 0) is 6.42 Å². The summed E-state index contributed by atoms with van der Waals surface area (Å²) >= 11 is 0. The Labute approximate surface area is 97.2 Å². The highest BCUT2D eigenvalue weighted by atomic mass is 16.5. The Morgan fingerprint density at radius 2 is 2.12 bits per heavy atom. The summed E-state index contributed by atoms with van der Waals surface area (Å²) in [4.78, 5) is 4.45. The highest BCUT2D eigenvalue weighted by Gasteiger charge is 2.14. The molecule has 1 aromatic rings. The van der Waals surface area contributed by atoms with Gasteiger partial charge in [-0.25, -0.2) is 0 Å². The molecule has 88 valence electrons. The quantitative estimate of drug-likeness (QED) is 0.847. The lowest BCUT2D eigenvalue weighted by atomic mass is 10.1. The molecule has 0 aromatic carbocycles. The zero-order valence-electron chi connectivity index (χ0n) is 10.1. The van der Waals surface area contributed by atoms with Crippen molar-refractivity contribution in [2.24, 2.45) is 0 Å². The van der Waals surface area contributed by atoms with Crippen molar-refractivity contribution < 1.29 is 4.74 Å². The van der Waals surface area contributed by atoms with Crippen molar-refractivity contribution in [3.63, 3.8) is 0 Å². The smallest absolute Gasteiger partial charge is 0.123 e. The van der Waals surface area contributed by atoms with Gasteiger partial charge in [-0.3, -0.25) is 4.98 Å². The summed E-state index contributed by atoms with van der Waals surface area (Å²) in [5, 5.41) is 3.34. The number of pyridine rings is 1. The molecule has 2 heterocycles. The third-order valence-electron chi connectivity index (χ3n) is 2.93. The number of aryl methyl sites for hydroxylation is 2. The molecule has 0 radical (unpaired) electrons. The van der Waals surface area contributed by atoms with E-state index in [1.165, 1.54) is 0 Å². The van der Waals surface area contributed by atoms with E-state index in [0.717, 1.165) is 49.5 Å². The van der Waals surface area contributed by atoms with E-state index in [1.54, 1.807) is 0 Å². The van der Waals surface area contributed by atoms with E-state index in [4.69, 9.17) is 4.74 Å². The molecule has 2 rings (SSSR count). The van der Waals surface area contributed by atoms with Gasteiger partial charge in [0.05, 0.1) is 0 Å². The molecule has 0 saturated carbocycles. The first-order valence-corrected chi connectivity index (χ1v) is 6.13. The lowest BCUT2D eigenvalue weighted by Crippen LogP contribution is -2.34. The molecule has 0 aliphatic carbocycles. The molecule has 1 aliphatic rings. The van der Waals surface area contributed by atoms with Crippen LogP contribution < -0.4 is 10.1 Å². The SMILES string of the molecule is CCc1cc(OC2CCNCC2)cc(C)n1. The number of hydrogen-bond donors (Lipinski definition) is 1. The highest BCUT2D eigenvalue weighted by Crippen LogP contribution is 2.18. The first-order valence-electron chi connectivity index (χ1n) is 6.13. The first kappa shape index (κ1) is 11.4. The van der Waals surface area contributed by atoms with Gasteiger partial charge in [0, 0.05) is 23.5 Å². The average molecular weight is 220 g/mol. The van der Waals surface area contributed by atoms with Gasteiger partial charge >= 0.3 is 0 Å². The number of nitrogens with one attached hydrogen (secondary N) is 1. The molecule has 1 fully saturated rings. The third-order valence-corrected chi connectivity index (χ3v) is 2.93. The van der Waals surface area contributed by atoms with Crippen LogP contribution in [0.15, 0.2) is 12.1 Å². The minimum absolute atomic E-state index is 0.368. The molecule has 0 atom stereocenters. The maximum atomic E-state index is 6.00. The van der Waals surface area contributed by atoms with Gasteiger partial charge in [-0.1, -0.05) is 6.92 Å². The van der Waals surface area contributed by atoms with E-state index >= 15 is 0 Å². The molecular weight excluding hydrogens is 200 g/mol. The fraction of sp³-hybridized carbons (Fsp3) is 0.615. The summed E-state index contributed by atoms with van der Waals surface area (Å²) in [7, 11) is 0. The number of rotatable bonds is 3. The van der Waals surface area contributed by atoms with Gasteiger partial charge in [-0.05, 0) is 39.3 Å². The molecule has 3 nitrogen and oxygen atoms in total. The fourth-order valence-electron chi connectivity index (χ4n) is 2.06. The Kier molecular flexibility index (Phi) is 3.78. The van der Waals surface area contributed by atoms with Crippen molar-refractivity contribution in [2.75, 3.05) is 13.1 Å². The molecule has 0 amide bonds. The van der Waals surface area contributed by atoms with Gasteiger partial charge in [-0.15, -0.1) is 0 Å². The van der Waals surface area contributed by atoms with Crippen LogP contribution in [0.5, 0.6) is 5.75 Å². The van der Waals surface area contributed by atoms with Crippen molar-refractivity contribution in [3.05, 3.63) is 23.5 Å². The Morgan fingerprint density at radius 1 is 1.38 bits per heavy atom. The van der Waals surface area contributed by atoms with Gasteiger partial charge in [0.2, 0.25) is 0 Å². The molecule has 0 unspecified atom stereocenters. The molecule has 1 aliphatic heterocycles. The van der Waals surface area contributed by atoms with Crippen LogP contribution in [0.3, 0.4) is 0 Å². The standard InChI is InChI=1S/C13H20N2O/c1-3-11-9-13(8-10(2)15-11)16-12-4-6-14-7-5-12/h8-9,12,14H,3-7H2,1-2H3. The van der Waals surface area contributed by atoms with Gasteiger partial charge in [-0.2, -0.15) is 0 Å². The lowest BCUT2D eigenvalue weighted by molar-refractivity contribution is 0.162. The molecule has 1 aromatic heterocycles. The molecular formula is C13H20N2O. The Balaban J connectivity index is 2.04. The van der Waals surface area contributed by atoms with Crippen LogP contribution in [0.25, 0.3) is 0 Å². The normalized spacial score (nSPS) is 17.4. The zero-order valence-corrected chi connectivity index (χ0v) is 10.1. The predicted molar refractivity (Wildman–Crippen MR) is 64.9 cm³/mol. The third kappa shape index (κ3) is 2.95. The Hall–Kier alpha value is -1.09. The van der Waals surface area contributed by atoms with Crippen molar-refractivity contribution >= 4 is 0 Å². The number of nitrogens with zero attached hydrogens (tertiary/aromatic N) is 1. The zero-order chi connectivity index (χ0) is 11.4. The molecule has 0 bridgehead atoms. The largest absolute Gasteiger partial charge is 0.490 e. The van der Waals surface area contributed by atoms with E-state index in [9.17, 15) is 0 Å². The highest BCUT2D eigenvalue weighted by molar-refractivity contribution is 5.27. The summed E-state index contributed by atoms with van der Waals surface area (Å²) in [6.45, 7) is 6.27. The van der Waals surface area contributed by atoms with Crippen molar-refractivity contribution in [3.8, 4) is 5.75 Å². The topological polar surface area (TPSA) is 34.1 Å². The number of hydrogen-bond acceptors (Lipinski definition) is 3. The van der Waals surface area contributed by atoms with Gasteiger partial charge in [0.25, 0.3) is 0 Å². The average Bonchev–Trinajstić information content (AvgIpc) is 2.29. The summed E-state index contributed by atoms with van der Waals surface area (Å²) in [6, 6.07) is 4.09. The van der Waals surface area contributed by atoms with E-state index in [0.29, 0.717) is 6.10 Å². The summed E-state index contributed by atoms with van der Waals surface area (Å²) in [6.07, 6.45) is 3.53. The maximum Gasteiger partial charge on any atom is 0.123 e. The lowest BCUT2D eigenvalue weighted by Gasteiger charge is -2.24. The van der Waals surface area contributed by atoms with Crippen LogP contribution in [0.1, 0.15) is 31.2 Å². The molecule has 1 N–H and O–H groups in total. The van der Waals surface area contributed by atoms with Gasteiger partial charge in [0.1, 0.15) is 11.9 Å². The number of aromatic nitrogens is 1. The first-order chi connectivity index (χ1) is 7.78. The van der Waals surface area contributed by atoms with E-state index in [2.05, 4.69) is 23.3 Å². The second-order valence-electron chi connectivity index (χ2n) is 4.36. The summed E-state index contributed by atoms with van der Waals surface area (Å²) < 4.78 is 6.00. The summed E-state index contributed by atoms with van der Waals surface area (Å²) in [5.74, 6) is 0.983. The van der Waals surface area contributed by atoms with Crippen LogP contribution >= 0.6 is 0 Å². The van der Waals surface area contributed by atoms with E-state index < -0.39 is 0 Å². The predicted octanol–water partition coefficient (Wildman–Crippen LogP) is 2.08. The van der Waals surface area contributed by atoms with Gasteiger partial charge in [0.15, 0.2) is 0 Å². The second-order valence-corrected chi connectivity index (χ2v) is 4.36. The van der Waals surface area contributed by atoms with E-state index in [-0.39, 0.29) is 0 Å². The molecule has 16 heavy (non-hydrogen) atoms. The molecule has 1 saturated heterocycles. The van der Waals surface area contributed by atoms with Crippen molar-refractivity contribution in [2.45, 2.75) is 39.2 Å². The van der Waals surface area contributed by atoms with Crippen LogP contribution in [0, 0.1) is 6.92 Å². The Bertz CT molecular complexity index is 346. The Morgan fingerprint density at radius 3 is 2.81 bits per heavy atom. The monoisotopic (exact) mass is 220 g/mol.